The molecule has 0 aliphatic heterocycles. The summed E-state index contributed by atoms with van der Waals surface area (Å²) in [5, 5.41) is 0. The van der Waals surface area contributed by atoms with Gasteiger partial charge in [0.05, 0.1) is 0 Å². The molecule has 0 saturated heterocycles. The fourth-order valence-electron chi connectivity index (χ4n) is 0. The van der Waals surface area contributed by atoms with Gasteiger partial charge in [-0.1, -0.05) is 41.5 Å². The van der Waals surface area contributed by atoms with E-state index in [0.717, 1.165) is 0 Å². The molecular formula is C12H18Yb. The van der Waals surface area contributed by atoms with Crippen molar-refractivity contribution >= 4 is 0 Å². The Morgan fingerprint density at radius 3 is 0.769 bits per heavy atom. The van der Waals surface area contributed by atoms with Crippen LogP contribution in [0.4, 0.5) is 0 Å². The van der Waals surface area contributed by atoms with Crippen molar-refractivity contribution in [2.75, 3.05) is 0 Å². The van der Waals surface area contributed by atoms with Crippen LogP contribution >= 0.6 is 0 Å². The fourth-order valence-corrected chi connectivity index (χ4v) is 0. The molecule has 0 aromatic carbocycles. The van der Waals surface area contributed by atoms with Gasteiger partial charge in [0.25, 0.3) is 0 Å². The molecule has 0 aromatic rings. The Kier molecular flexibility index (Phi) is 11.8. The standard InChI is InChI=1S/2C6H9.Yb/c2*1-5-6(2,3)4;/h2*2-4H3;/q2*-1;+2. The van der Waals surface area contributed by atoms with Gasteiger partial charge in [-0.05, 0) is 10.8 Å². The summed E-state index contributed by atoms with van der Waals surface area (Å²) in [5.41, 5.74) is -0.0833. The maximum Gasteiger partial charge on any atom is 2.00 e. The van der Waals surface area contributed by atoms with Gasteiger partial charge in [0.15, 0.2) is 0 Å². The molecule has 0 radical (unpaired) electrons. The second-order valence-electron chi connectivity index (χ2n) is 4.75. The van der Waals surface area contributed by atoms with Gasteiger partial charge in [-0.25, -0.2) is 0 Å². The molecule has 1 heteroatoms. The van der Waals surface area contributed by atoms with Gasteiger partial charge in [0.2, 0.25) is 0 Å². The first kappa shape index (κ1) is 19.2. The van der Waals surface area contributed by atoms with E-state index in [1.807, 2.05) is 41.5 Å². The van der Waals surface area contributed by atoms with Crippen LogP contribution in [-0.2, 0) is 0 Å². The van der Waals surface area contributed by atoms with Crippen LogP contribution in [0.1, 0.15) is 41.5 Å². The summed E-state index contributed by atoms with van der Waals surface area (Å²) < 4.78 is 0. The van der Waals surface area contributed by atoms with Gasteiger partial charge in [-0.15, -0.1) is 0 Å². The molecular weight excluding hydrogens is 317 g/mol. The molecule has 0 spiro atoms. The molecule has 0 aliphatic rings. The molecule has 80 valence electrons. The van der Waals surface area contributed by atoms with Crippen LogP contribution in [0.2, 0.25) is 0 Å². The third-order valence-electron chi connectivity index (χ3n) is 0.750. The first-order valence-electron chi connectivity index (χ1n) is 4.00. The number of hydrogen-bond donors (Lipinski definition) is 0. The molecule has 0 aromatic heterocycles. The summed E-state index contributed by atoms with van der Waals surface area (Å²) >= 11 is 0. The molecule has 0 rings (SSSR count). The van der Waals surface area contributed by atoms with Gasteiger partial charge in [-0.2, -0.15) is 0 Å². The molecule has 0 heterocycles. The molecule has 0 aliphatic carbocycles. The van der Waals surface area contributed by atoms with E-state index in [4.69, 9.17) is 12.8 Å². The van der Waals surface area contributed by atoms with Gasteiger partial charge in [0.1, 0.15) is 0 Å². The number of hydrogen-bond acceptors (Lipinski definition) is 0. The summed E-state index contributed by atoms with van der Waals surface area (Å²) in [6.07, 6.45) is 13.2. The van der Waals surface area contributed by atoms with Crippen LogP contribution in [0.25, 0.3) is 0 Å². The van der Waals surface area contributed by atoms with Gasteiger partial charge in [-0.3, -0.25) is 0 Å². The van der Waals surface area contributed by atoms with Crippen LogP contribution in [0.15, 0.2) is 0 Å². The summed E-state index contributed by atoms with van der Waals surface area (Å²) in [5.74, 6) is 4.71. The second kappa shape index (κ2) is 7.99. The molecule has 0 fully saturated rings. The minimum absolute atomic E-state index is 0. The average molecular weight is 335 g/mol. The maximum absolute atomic E-state index is 6.60. The zero-order valence-electron chi connectivity index (χ0n) is 9.27. The first-order chi connectivity index (χ1) is 5.12. The summed E-state index contributed by atoms with van der Waals surface area (Å²) in [6.45, 7) is 11.7. The Bertz CT molecular complexity index is 163. The Morgan fingerprint density at radius 1 is 0.692 bits per heavy atom. The zero-order valence-corrected chi connectivity index (χ0v) is 11.0. The Labute approximate surface area is 122 Å². The molecule has 0 amide bonds. The quantitative estimate of drug-likeness (QED) is 0.471. The van der Waals surface area contributed by atoms with Crippen LogP contribution in [0.3, 0.4) is 0 Å². The minimum Gasteiger partial charge on any atom is -0.693 e. The largest absolute Gasteiger partial charge is 2.00 e. The second-order valence-corrected chi connectivity index (χ2v) is 4.75. The van der Waals surface area contributed by atoms with E-state index < -0.39 is 0 Å². The molecule has 0 N–H and O–H groups in total. The average Bonchev–Trinajstić information content (AvgIpc) is 1.86. The van der Waals surface area contributed by atoms with E-state index in [1.165, 1.54) is 0 Å². The predicted octanol–water partition coefficient (Wildman–Crippen LogP) is 3.24. The van der Waals surface area contributed by atoms with Gasteiger partial charge < -0.3 is 24.7 Å². The molecule has 0 bridgehead atoms. The monoisotopic (exact) mass is 336 g/mol. The van der Waals surface area contributed by atoms with Crippen molar-refractivity contribution in [2.24, 2.45) is 10.8 Å². The van der Waals surface area contributed by atoms with Crippen molar-refractivity contribution in [1.82, 2.24) is 0 Å². The first-order valence-corrected chi connectivity index (χ1v) is 4.00. The summed E-state index contributed by atoms with van der Waals surface area (Å²) in [7, 11) is 0. The van der Waals surface area contributed by atoms with E-state index in [9.17, 15) is 0 Å². The van der Waals surface area contributed by atoms with Crippen LogP contribution < -0.4 is 0 Å². The van der Waals surface area contributed by atoms with E-state index in [0.29, 0.717) is 0 Å². The van der Waals surface area contributed by atoms with Crippen molar-refractivity contribution in [3.63, 3.8) is 0 Å². The summed E-state index contributed by atoms with van der Waals surface area (Å²) in [4.78, 5) is 0. The van der Waals surface area contributed by atoms with E-state index >= 15 is 0 Å². The molecule has 0 atom stereocenters. The zero-order chi connectivity index (χ0) is 10.4. The minimum atomic E-state index is -0.0417. The van der Waals surface area contributed by atoms with Crippen molar-refractivity contribution in [1.29, 1.82) is 0 Å². The topological polar surface area (TPSA) is 0 Å². The van der Waals surface area contributed by atoms with Gasteiger partial charge >= 0.3 is 46.9 Å². The van der Waals surface area contributed by atoms with Crippen molar-refractivity contribution in [3.8, 4) is 11.8 Å². The van der Waals surface area contributed by atoms with Crippen molar-refractivity contribution < 1.29 is 46.9 Å². The predicted molar refractivity (Wildman–Crippen MR) is 53.2 cm³/mol. The van der Waals surface area contributed by atoms with E-state index in [1.54, 1.807) is 0 Å². The molecule has 0 nitrogen and oxygen atoms in total. The third kappa shape index (κ3) is 32.5. The third-order valence-corrected chi connectivity index (χ3v) is 0.750. The SMILES string of the molecule is [C-]#CC(C)(C)C.[C-]#CC(C)(C)C.[Yb+2]. The molecule has 13 heavy (non-hydrogen) atoms. The van der Waals surface area contributed by atoms with Crippen molar-refractivity contribution in [2.45, 2.75) is 41.5 Å². The fraction of sp³-hybridized carbons (Fsp3) is 0.667. The van der Waals surface area contributed by atoms with Crippen molar-refractivity contribution in [3.05, 3.63) is 12.8 Å². The van der Waals surface area contributed by atoms with Gasteiger partial charge in [0, 0.05) is 0 Å². The maximum atomic E-state index is 6.60. The Balaban J connectivity index is -0.000000143. The molecule has 0 unspecified atom stereocenters. The Morgan fingerprint density at radius 2 is 0.769 bits per heavy atom. The van der Waals surface area contributed by atoms with Crippen LogP contribution in [0.5, 0.6) is 0 Å². The van der Waals surface area contributed by atoms with Crippen LogP contribution in [-0.4, -0.2) is 0 Å². The Hall–Kier alpha value is 0.639. The smallest absolute Gasteiger partial charge is 0.693 e. The normalized spacial score (nSPS) is 9.54. The van der Waals surface area contributed by atoms with E-state index in [-0.39, 0.29) is 57.8 Å². The van der Waals surface area contributed by atoms with E-state index in [2.05, 4.69) is 11.8 Å². The number of rotatable bonds is 0. The summed E-state index contributed by atoms with van der Waals surface area (Å²) in [6, 6.07) is 0. The molecule has 0 saturated carbocycles. The van der Waals surface area contributed by atoms with Crippen LogP contribution in [0, 0.1) is 82.4 Å².